The minimum atomic E-state index is -0.0492. The van der Waals surface area contributed by atoms with Gasteiger partial charge in [-0.1, -0.05) is 18.7 Å². The van der Waals surface area contributed by atoms with Gasteiger partial charge in [-0.05, 0) is 18.9 Å². The van der Waals surface area contributed by atoms with E-state index in [4.69, 9.17) is 0 Å². The van der Waals surface area contributed by atoms with E-state index >= 15 is 0 Å². The van der Waals surface area contributed by atoms with Crippen molar-refractivity contribution in [3.8, 4) is 11.4 Å². The number of thiophene rings is 1. The van der Waals surface area contributed by atoms with Gasteiger partial charge in [0.15, 0.2) is 15.9 Å². The smallest absolute Gasteiger partial charge is 0.258 e. The third kappa shape index (κ3) is 3.00. The maximum absolute atomic E-state index is 12.1. The highest BCUT2D eigenvalue weighted by atomic mass is 32.2. The highest BCUT2D eigenvalue weighted by molar-refractivity contribution is 7.98. The molecular weight excluding hydrogens is 386 g/mol. The second-order valence-corrected chi connectivity index (χ2v) is 8.73. The number of aryl methyl sites for hydroxylation is 1. The molecule has 4 rings (SSSR count). The summed E-state index contributed by atoms with van der Waals surface area (Å²) >= 11 is 4.75. The molecule has 0 spiro atoms. The Morgan fingerprint density at radius 2 is 2.12 bits per heavy atom. The van der Waals surface area contributed by atoms with E-state index in [0.717, 1.165) is 28.7 Å². The Labute approximate surface area is 162 Å². The second kappa shape index (κ2) is 6.98. The van der Waals surface area contributed by atoms with Crippen LogP contribution in [0.25, 0.3) is 16.3 Å². The predicted octanol–water partition coefficient (Wildman–Crippen LogP) is 3.78. The Balaban J connectivity index is 1.59. The van der Waals surface area contributed by atoms with E-state index in [-0.39, 0.29) is 5.56 Å². The molecule has 0 atom stereocenters. The number of fused-ring (bicyclic) bond motifs is 1. The van der Waals surface area contributed by atoms with Crippen LogP contribution in [0.4, 0.5) is 0 Å². The Bertz CT molecular complexity index is 1140. The van der Waals surface area contributed by atoms with Crippen molar-refractivity contribution in [3.05, 3.63) is 49.5 Å². The lowest BCUT2D eigenvalue weighted by Gasteiger charge is -2.05. The zero-order valence-corrected chi connectivity index (χ0v) is 17.0. The number of thioether (sulfide) groups is 1. The van der Waals surface area contributed by atoms with Crippen LogP contribution in [0, 0.1) is 6.92 Å². The lowest BCUT2D eigenvalue weighted by molar-refractivity contribution is 0.793. The summed E-state index contributed by atoms with van der Waals surface area (Å²) in [7, 11) is 1.98. The topological polar surface area (TPSA) is 65.1 Å². The lowest BCUT2D eigenvalue weighted by Crippen LogP contribution is -2.12. The minimum Gasteiger partial charge on any atom is -0.305 e. The molecule has 6 nitrogen and oxygen atoms in total. The molecule has 134 valence electrons. The molecular formula is C17H17N5OS3. The highest BCUT2D eigenvalue weighted by Gasteiger charge is 2.17. The fourth-order valence-corrected chi connectivity index (χ4v) is 5.36. The van der Waals surface area contributed by atoms with E-state index < -0.39 is 0 Å². The van der Waals surface area contributed by atoms with Crippen LogP contribution < -0.4 is 5.56 Å². The molecule has 0 amide bonds. The second-order valence-electron chi connectivity index (χ2n) is 5.83. The molecule has 0 aromatic carbocycles. The van der Waals surface area contributed by atoms with Crippen LogP contribution in [0.1, 0.15) is 23.1 Å². The summed E-state index contributed by atoms with van der Waals surface area (Å²) in [4.78, 5) is 18.7. The van der Waals surface area contributed by atoms with E-state index in [1.165, 1.54) is 21.8 Å². The Morgan fingerprint density at radius 3 is 2.92 bits per heavy atom. The van der Waals surface area contributed by atoms with Crippen LogP contribution in [0.3, 0.4) is 0 Å². The Morgan fingerprint density at radius 1 is 1.27 bits per heavy atom. The van der Waals surface area contributed by atoms with Crippen molar-refractivity contribution in [2.45, 2.75) is 31.2 Å². The van der Waals surface area contributed by atoms with Gasteiger partial charge in [0, 0.05) is 46.3 Å². The molecule has 0 aliphatic heterocycles. The summed E-state index contributed by atoms with van der Waals surface area (Å²) in [5.74, 6) is 1.47. The van der Waals surface area contributed by atoms with E-state index in [1.54, 1.807) is 39.8 Å². The summed E-state index contributed by atoms with van der Waals surface area (Å²) in [5.41, 5.74) is 3.20. The molecule has 0 aliphatic carbocycles. The fourth-order valence-electron chi connectivity index (χ4n) is 2.88. The first-order valence-electron chi connectivity index (χ1n) is 8.13. The van der Waals surface area contributed by atoms with Crippen LogP contribution in [0.2, 0.25) is 0 Å². The van der Waals surface area contributed by atoms with Crippen LogP contribution in [0.15, 0.2) is 33.0 Å². The van der Waals surface area contributed by atoms with E-state index in [9.17, 15) is 4.79 Å². The van der Waals surface area contributed by atoms with Crippen molar-refractivity contribution >= 4 is 39.4 Å². The average molecular weight is 404 g/mol. The molecule has 4 aromatic heterocycles. The number of hydrogen-bond donors (Lipinski definition) is 0. The summed E-state index contributed by atoms with van der Waals surface area (Å²) in [6, 6.07) is 1.58. The molecule has 0 aliphatic rings. The van der Waals surface area contributed by atoms with Crippen molar-refractivity contribution in [3.63, 3.8) is 0 Å². The van der Waals surface area contributed by atoms with Crippen LogP contribution in [-0.4, -0.2) is 24.1 Å². The molecule has 0 radical (unpaired) electrons. The first-order valence-corrected chi connectivity index (χ1v) is 10.9. The monoisotopic (exact) mass is 403 g/mol. The zero-order valence-electron chi connectivity index (χ0n) is 14.6. The van der Waals surface area contributed by atoms with Gasteiger partial charge in [0.25, 0.3) is 5.56 Å². The van der Waals surface area contributed by atoms with Gasteiger partial charge in [-0.3, -0.25) is 9.20 Å². The van der Waals surface area contributed by atoms with Crippen molar-refractivity contribution in [2.75, 3.05) is 0 Å². The Kier molecular flexibility index (Phi) is 4.68. The van der Waals surface area contributed by atoms with Gasteiger partial charge < -0.3 is 4.57 Å². The first-order chi connectivity index (χ1) is 12.6. The van der Waals surface area contributed by atoms with Gasteiger partial charge in [-0.15, -0.1) is 32.9 Å². The normalized spacial score (nSPS) is 11.5. The number of thiazole rings is 1. The van der Waals surface area contributed by atoms with E-state index in [1.807, 2.05) is 17.0 Å². The molecule has 0 fully saturated rings. The predicted molar refractivity (Wildman–Crippen MR) is 107 cm³/mol. The van der Waals surface area contributed by atoms with Gasteiger partial charge >= 0.3 is 0 Å². The van der Waals surface area contributed by atoms with Crippen molar-refractivity contribution in [1.82, 2.24) is 24.1 Å². The molecule has 0 N–H and O–H groups in total. The van der Waals surface area contributed by atoms with Crippen LogP contribution >= 0.6 is 34.4 Å². The van der Waals surface area contributed by atoms with Gasteiger partial charge in [0.1, 0.15) is 0 Å². The van der Waals surface area contributed by atoms with Gasteiger partial charge in [0.2, 0.25) is 0 Å². The van der Waals surface area contributed by atoms with Crippen molar-refractivity contribution in [2.24, 2.45) is 7.05 Å². The van der Waals surface area contributed by atoms with Crippen LogP contribution in [0.5, 0.6) is 0 Å². The van der Waals surface area contributed by atoms with Crippen LogP contribution in [-0.2, 0) is 19.2 Å². The number of rotatable bonds is 5. The molecule has 9 heteroatoms. The maximum atomic E-state index is 12.1. The molecule has 0 unspecified atom stereocenters. The number of hydrogen-bond acceptors (Lipinski definition) is 7. The molecule has 0 bridgehead atoms. The summed E-state index contributed by atoms with van der Waals surface area (Å²) in [6.45, 7) is 4.30. The van der Waals surface area contributed by atoms with Crippen molar-refractivity contribution < 1.29 is 0 Å². The fraction of sp³-hybridized carbons (Fsp3) is 0.294. The number of aromatic nitrogens is 5. The molecule has 4 heterocycles. The average Bonchev–Trinajstić information content (AvgIpc) is 3.32. The van der Waals surface area contributed by atoms with Gasteiger partial charge in [-0.2, -0.15) is 0 Å². The third-order valence-electron chi connectivity index (χ3n) is 4.24. The molecule has 0 saturated heterocycles. The summed E-state index contributed by atoms with van der Waals surface area (Å²) < 4.78 is 3.58. The van der Waals surface area contributed by atoms with Gasteiger partial charge in [-0.25, -0.2) is 4.98 Å². The maximum Gasteiger partial charge on any atom is 0.258 e. The summed E-state index contributed by atoms with van der Waals surface area (Å²) in [6.07, 6.45) is 2.73. The number of nitrogens with zero attached hydrogens (tertiary/aromatic N) is 5. The van der Waals surface area contributed by atoms with Gasteiger partial charge in [0.05, 0.1) is 5.69 Å². The standard InChI is InChI=1S/C17H17N5OS3/c1-4-12-10(2)25-9-13(12)15-19-20-17(21(15)3)26-8-11-7-14(23)22-5-6-24-16(22)18-11/h5-7,9H,4,8H2,1-3H3. The SMILES string of the molecule is CCc1c(-c2nnc(SCc3cc(=O)n4ccsc4n3)n2C)csc1C. The minimum absolute atomic E-state index is 0.0492. The molecule has 0 saturated carbocycles. The highest BCUT2D eigenvalue weighted by Crippen LogP contribution is 2.32. The van der Waals surface area contributed by atoms with E-state index in [0.29, 0.717) is 10.7 Å². The zero-order chi connectivity index (χ0) is 18.3. The molecule has 26 heavy (non-hydrogen) atoms. The quantitative estimate of drug-likeness (QED) is 0.475. The Hall–Kier alpha value is -1.97. The first kappa shape index (κ1) is 17.4. The van der Waals surface area contributed by atoms with Crippen molar-refractivity contribution in [1.29, 1.82) is 0 Å². The lowest BCUT2D eigenvalue weighted by atomic mass is 10.1. The largest absolute Gasteiger partial charge is 0.305 e. The summed E-state index contributed by atoms with van der Waals surface area (Å²) in [5, 5.41) is 13.6. The third-order valence-corrected chi connectivity index (χ3v) is 7.00. The van der Waals surface area contributed by atoms with E-state index in [2.05, 4.69) is 34.4 Å². The molecule has 4 aromatic rings.